The van der Waals surface area contributed by atoms with E-state index >= 15 is 0 Å². The Labute approximate surface area is 142 Å². The van der Waals surface area contributed by atoms with Crippen molar-refractivity contribution >= 4 is 35.2 Å². The molecule has 2 aromatic rings. The van der Waals surface area contributed by atoms with E-state index in [4.69, 9.17) is 5.73 Å². The summed E-state index contributed by atoms with van der Waals surface area (Å²) in [7, 11) is 3.27. The number of carbonyl (C=O) groups is 2. The van der Waals surface area contributed by atoms with E-state index < -0.39 is 11.8 Å². The van der Waals surface area contributed by atoms with Crippen LogP contribution < -0.4 is 26.2 Å². The van der Waals surface area contributed by atoms with Crippen molar-refractivity contribution in [1.29, 1.82) is 0 Å². The minimum atomic E-state index is -0.892. The molecule has 0 atom stereocenters. The Morgan fingerprint density at radius 3 is 2.84 bits per heavy atom. The second kappa shape index (κ2) is 6.23. The van der Waals surface area contributed by atoms with Gasteiger partial charge in [-0.3, -0.25) is 9.80 Å². The van der Waals surface area contributed by atoms with E-state index in [2.05, 4.69) is 20.6 Å². The minimum absolute atomic E-state index is 0.104. The number of hydrogen-bond donors (Lipinski definition) is 3. The highest BCUT2D eigenvalue weighted by Crippen LogP contribution is 2.31. The topological polar surface area (TPSA) is 116 Å². The van der Waals surface area contributed by atoms with Crippen molar-refractivity contribution in [3.63, 3.8) is 0 Å². The first-order valence-corrected chi connectivity index (χ1v) is 7.35. The van der Waals surface area contributed by atoms with Crippen LogP contribution in [0.2, 0.25) is 0 Å². The summed E-state index contributed by atoms with van der Waals surface area (Å²) in [5, 5.41) is 5.01. The second-order valence-corrected chi connectivity index (χ2v) is 5.37. The van der Waals surface area contributed by atoms with Gasteiger partial charge >= 0.3 is 12.1 Å². The summed E-state index contributed by atoms with van der Waals surface area (Å²) in [4.78, 5) is 34.9. The predicted octanol–water partition coefficient (Wildman–Crippen LogP) is 1.72. The van der Waals surface area contributed by atoms with E-state index in [-0.39, 0.29) is 18.3 Å². The zero-order valence-corrected chi connectivity index (χ0v) is 13.6. The Morgan fingerprint density at radius 1 is 1.40 bits per heavy atom. The van der Waals surface area contributed by atoms with Gasteiger partial charge in [0.1, 0.15) is 11.6 Å². The molecule has 0 bridgehead atoms. The van der Waals surface area contributed by atoms with Gasteiger partial charge in [0.2, 0.25) is 5.95 Å². The number of rotatable bonds is 3. The summed E-state index contributed by atoms with van der Waals surface area (Å²) < 4.78 is 13.8. The highest BCUT2D eigenvalue weighted by molar-refractivity contribution is 6.05. The molecule has 10 heteroatoms. The van der Waals surface area contributed by atoms with Crippen molar-refractivity contribution in [1.82, 2.24) is 9.97 Å². The standard InChI is InChI=1S/C15H16FN7O2/c1-18-14-19-6-8-7-23(15(25)22(2)12(8)21-14)9-3-4-10(16)11(5-9)20-13(17)24/h3-6H,7H2,1-2H3,(H3,17,20,24)(H,18,19,21). The number of benzene rings is 1. The van der Waals surface area contributed by atoms with Crippen LogP contribution in [0.1, 0.15) is 5.56 Å². The third-order valence-corrected chi connectivity index (χ3v) is 3.75. The Balaban J connectivity index is 1.98. The monoisotopic (exact) mass is 345 g/mol. The number of hydrogen-bond acceptors (Lipinski definition) is 5. The lowest BCUT2D eigenvalue weighted by atomic mass is 10.2. The number of anilines is 4. The number of carbonyl (C=O) groups excluding carboxylic acids is 2. The van der Waals surface area contributed by atoms with Crippen LogP contribution in [0.3, 0.4) is 0 Å². The van der Waals surface area contributed by atoms with Crippen molar-refractivity contribution in [2.75, 3.05) is 34.5 Å². The van der Waals surface area contributed by atoms with Gasteiger partial charge in [-0.25, -0.2) is 19.0 Å². The van der Waals surface area contributed by atoms with Gasteiger partial charge in [-0.05, 0) is 18.2 Å². The third-order valence-electron chi connectivity index (χ3n) is 3.75. The van der Waals surface area contributed by atoms with Crippen LogP contribution in [0, 0.1) is 5.82 Å². The Kier molecular flexibility index (Phi) is 4.09. The lowest BCUT2D eigenvalue weighted by Crippen LogP contribution is -2.46. The van der Waals surface area contributed by atoms with Gasteiger partial charge in [0, 0.05) is 31.5 Å². The van der Waals surface area contributed by atoms with E-state index in [1.165, 1.54) is 21.9 Å². The SMILES string of the molecule is CNc1ncc2c(n1)N(C)C(=O)N(c1ccc(F)c(NC(N)=O)c1)C2. The molecule has 1 aromatic heterocycles. The molecule has 1 aromatic carbocycles. The fourth-order valence-electron chi connectivity index (χ4n) is 2.54. The van der Waals surface area contributed by atoms with Crippen LogP contribution in [0.15, 0.2) is 24.4 Å². The lowest BCUT2D eigenvalue weighted by molar-refractivity contribution is 0.251. The van der Waals surface area contributed by atoms with E-state index in [0.29, 0.717) is 17.5 Å². The molecule has 4 amide bonds. The average Bonchev–Trinajstić information content (AvgIpc) is 2.59. The summed E-state index contributed by atoms with van der Waals surface area (Å²) in [6.07, 6.45) is 1.62. The summed E-state index contributed by atoms with van der Waals surface area (Å²) in [6, 6.07) is 2.71. The maximum absolute atomic E-state index is 13.8. The number of urea groups is 2. The largest absolute Gasteiger partial charge is 0.357 e. The number of amides is 4. The molecule has 1 aliphatic heterocycles. The maximum atomic E-state index is 13.8. The van der Waals surface area contributed by atoms with Crippen LogP contribution in [-0.4, -0.2) is 36.1 Å². The molecular formula is C15H16FN7O2. The van der Waals surface area contributed by atoms with Gasteiger partial charge in [-0.15, -0.1) is 0 Å². The van der Waals surface area contributed by atoms with Gasteiger partial charge in [0.25, 0.3) is 0 Å². The first-order chi connectivity index (χ1) is 11.9. The van der Waals surface area contributed by atoms with E-state index in [1.807, 2.05) is 0 Å². The summed E-state index contributed by atoms with van der Waals surface area (Å²) >= 11 is 0. The Morgan fingerprint density at radius 2 is 2.16 bits per heavy atom. The highest BCUT2D eigenvalue weighted by atomic mass is 19.1. The smallest absolute Gasteiger partial charge is 0.330 e. The molecule has 0 saturated heterocycles. The van der Waals surface area contributed by atoms with E-state index in [0.717, 1.165) is 11.6 Å². The quantitative estimate of drug-likeness (QED) is 0.783. The third kappa shape index (κ3) is 3.01. The van der Waals surface area contributed by atoms with Gasteiger partial charge in [-0.2, -0.15) is 4.98 Å². The normalized spacial score (nSPS) is 13.5. The molecule has 130 valence electrons. The van der Waals surface area contributed by atoms with Crippen LogP contribution in [0.4, 0.5) is 37.1 Å². The van der Waals surface area contributed by atoms with E-state index in [9.17, 15) is 14.0 Å². The number of primary amides is 1. The Bertz CT molecular complexity index is 858. The highest BCUT2D eigenvalue weighted by Gasteiger charge is 2.31. The number of aromatic nitrogens is 2. The molecule has 0 saturated carbocycles. The van der Waals surface area contributed by atoms with Crippen molar-refractivity contribution < 1.29 is 14.0 Å². The summed E-state index contributed by atoms with van der Waals surface area (Å²) in [5.74, 6) is 0.252. The first-order valence-electron chi connectivity index (χ1n) is 7.35. The lowest BCUT2D eigenvalue weighted by Gasteiger charge is -2.34. The number of fused-ring (bicyclic) bond motifs is 1. The molecular weight excluding hydrogens is 329 g/mol. The van der Waals surface area contributed by atoms with E-state index in [1.54, 1.807) is 20.3 Å². The van der Waals surface area contributed by atoms with Crippen LogP contribution in [0.5, 0.6) is 0 Å². The molecule has 0 unspecified atom stereocenters. The molecule has 3 rings (SSSR count). The van der Waals surface area contributed by atoms with Crippen molar-refractivity contribution in [2.24, 2.45) is 5.73 Å². The van der Waals surface area contributed by atoms with Crippen molar-refractivity contribution in [3.05, 3.63) is 35.8 Å². The fraction of sp³-hybridized carbons (Fsp3) is 0.200. The zero-order valence-electron chi connectivity index (χ0n) is 13.6. The fourth-order valence-corrected chi connectivity index (χ4v) is 2.54. The molecule has 1 aliphatic rings. The maximum Gasteiger partial charge on any atom is 0.330 e. The van der Waals surface area contributed by atoms with Gasteiger partial charge in [0.05, 0.1) is 12.2 Å². The molecule has 0 fully saturated rings. The number of nitrogens with zero attached hydrogens (tertiary/aromatic N) is 4. The molecule has 0 radical (unpaired) electrons. The number of nitrogens with two attached hydrogens (primary N) is 1. The second-order valence-electron chi connectivity index (χ2n) is 5.37. The molecule has 25 heavy (non-hydrogen) atoms. The molecule has 4 N–H and O–H groups in total. The summed E-state index contributed by atoms with van der Waals surface area (Å²) in [6.45, 7) is 0.212. The van der Waals surface area contributed by atoms with Crippen LogP contribution in [-0.2, 0) is 6.54 Å². The molecule has 0 spiro atoms. The average molecular weight is 345 g/mol. The van der Waals surface area contributed by atoms with Crippen molar-refractivity contribution in [3.8, 4) is 0 Å². The number of halogens is 1. The van der Waals surface area contributed by atoms with Crippen LogP contribution >= 0.6 is 0 Å². The molecule has 2 heterocycles. The minimum Gasteiger partial charge on any atom is -0.357 e. The van der Waals surface area contributed by atoms with Gasteiger partial charge in [-0.1, -0.05) is 0 Å². The zero-order chi connectivity index (χ0) is 18.1. The van der Waals surface area contributed by atoms with Gasteiger partial charge in [0.15, 0.2) is 0 Å². The molecule has 0 aliphatic carbocycles. The van der Waals surface area contributed by atoms with Crippen LogP contribution in [0.25, 0.3) is 0 Å². The number of nitrogens with one attached hydrogen (secondary N) is 2. The predicted molar refractivity (Wildman–Crippen MR) is 91.2 cm³/mol. The Hall–Kier alpha value is -3.43. The van der Waals surface area contributed by atoms with Crippen molar-refractivity contribution in [2.45, 2.75) is 6.54 Å². The van der Waals surface area contributed by atoms with Gasteiger partial charge < -0.3 is 16.4 Å². The first kappa shape index (κ1) is 16.4. The summed E-state index contributed by atoms with van der Waals surface area (Å²) in [5.41, 5.74) is 6.07. The molecule has 9 nitrogen and oxygen atoms in total.